The van der Waals surface area contributed by atoms with E-state index in [2.05, 4.69) is 0 Å². The average molecular weight is 215 g/mol. The lowest BCUT2D eigenvalue weighted by Gasteiger charge is -2.04. The molecule has 4 heteroatoms. The van der Waals surface area contributed by atoms with Crippen molar-refractivity contribution in [3.63, 3.8) is 0 Å². The Labute approximate surface area is 92.4 Å². The molecule has 1 aliphatic rings. The molecule has 1 aliphatic heterocycles. The number of carbonyl (C=O) groups excluding carboxylic acids is 2. The van der Waals surface area contributed by atoms with Crippen molar-refractivity contribution in [2.24, 2.45) is 5.92 Å². The molecular formula is C12H9NO3. The number of rotatable bonds is 2. The Morgan fingerprint density at radius 3 is 2.94 bits per heavy atom. The van der Waals surface area contributed by atoms with E-state index in [1.807, 2.05) is 6.07 Å². The minimum absolute atomic E-state index is 0.135. The minimum atomic E-state index is -0.401. The average Bonchev–Trinajstić information content (AvgIpc) is 2.75. The van der Waals surface area contributed by atoms with E-state index in [1.54, 1.807) is 18.2 Å². The van der Waals surface area contributed by atoms with E-state index in [-0.39, 0.29) is 24.8 Å². The number of carbonyl (C=O) groups is 2. The van der Waals surface area contributed by atoms with Crippen LogP contribution in [0.3, 0.4) is 0 Å². The van der Waals surface area contributed by atoms with Gasteiger partial charge in [-0.2, -0.15) is 5.26 Å². The van der Waals surface area contributed by atoms with Crippen LogP contribution < -0.4 is 0 Å². The summed E-state index contributed by atoms with van der Waals surface area (Å²) in [5.74, 6) is -0.876. The number of hydrogen-bond donors (Lipinski definition) is 0. The van der Waals surface area contributed by atoms with Crippen LogP contribution in [-0.4, -0.2) is 18.4 Å². The maximum atomic E-state index is 11.9. The molecule has 0 amide bonds. The fourth-order valence-corrected chi connectivity index (χ4v) is 1.66. The van der Waals surface area contributed by atoms with Gasteiger partial charge in [0.15, 0.2) is 5.78 Å². The van der Waals surface area contributed by atoms with Crippen LogP contribution in [0.5, 0.6) is 0 Å². The molecule has 0 bridgehead atoms. The Bertz CT molecular complexity index is 487. The van der Waals surface area contributed by atoms with Crippen LogP contribution in [0.4, 0.5) is 0 Å². The van der Waals surface area contributed by atoms with Gasteiger partial charge in [0.1, 0.15) is 6.61 Å². The highest BCUT2D eigenvalue weighted by atomic mass is 16.5. The number of hydrogen-bond acceptors (Lipinski definition) is 4. The number of ketones is 1. The maximum absolute atomic E-state index is 11.9. The van der Waals surface area contributed by atoms with Crippen LogP contribution >= 0.6 is 0 Å². The number of cyclic esters (lactones) is 1. The normalized spacial score (nSPS) is 18.9. The predicted octanol–water partition coefficient (Wildman–Crippen LogP) is 1.30. The lowest BCUT2D eigenvalue weighted by Crippen LogP contribution is -2.14. The van der Waals surface area contributed by atoms with E-state index in [0.29, 0.717) is 11.1 Å². The van der Waals surface area contributed by atoms with Gasteiger partial charge in [0.05, 0.1) is 24.0 Å². The number of esters is 1. The van der Waals surface area contributed by atoms with Crippen molar-refractivity contribution in [3.8, 4) is 6.07 Å². The molecule has 1 aromatic carbocycles. The molecule has 0 spiro atoms. The molecule has 0 aromatic heterocycles. The van der Waals surface area contributed by atoms with E-state index in [4.69, 9.17) is 10.00 Å². The summed E-state index contributed by atoms with van der Waals surface area (Å²) in [4.78, 5) is 22.8. The number of benzene rings is 1. The zero-order valence-electron chi connectivity index (χ0n) is 8.47. The maximum Gasteiger partial charge on any atom is 0.306 e. The smallest absolute Gasteiger partial charge is 0.306 e. The molecule has 16 heavy (non-hydrogen) atoms. The molecule has 1 unspecified atom stereocenters. The molecule has 4 nitrogen and oxygen atoms in total. The molecule has 80 valence electrons. The molecule has 1 heterocycles. The Kier molecular flexibility index (Phi) is 2.69. The second-order valence-electron chi connectivity index (χ2n) is 3.64. The summed E-state index contributed by atoms with van der Waals surface area (Å²) < 4.78 is 4.74. The van der Waals surface area contributed by atoms with Crippen molar-refractivity contribution in [3.05, 3.63) is 35.4 Å². The van der Waals surface area contributed by atoms with E-state index < -0.39 is 5.92 Å². The highest BCUT2D eigenvalue weighted by Crippen LogP contribution is 2.19. The van der Waals surface area contributed by atoms with Crippen LogP contribution in [0, 0.1) is 17.2 Å². The molecule has 1 aromatic rings. The van der Waals surface area contributed by atoms with E-state index in [9.17, 15) is 9.59 Å². The van der Waals surface area contributed by atoms with Gasteiger partial charge in [0.2, 0.25) is 0 Å². The van der Waals surface area contributed by atoms with Gasteiger partial charge in [0, 0.05) is 5.56 Å². The third kappa shape index (κ3) is 1.94. The van der Waals surface area contributed by atoms with E-state index >= 15 is 0 Å². The first kappa shape index (κ1) is 10.4. The topological polar surface area (TPSA) is 67.2 Å². The molecule has 0 saturated carbocycles. The monoisotopic (exact) mass is 215 g/mol. The van der Waals surface area contributed by atoms with Gasteiger partial charge in [0.25, 0.3) is 0 Å². The largest absolute Gasteiger partial charge is 0.465 e. The van der Waals surface area contributed by atoms with Gasteiger partial charge in [-0.05, 0) is 12.1 Å². The van der Waals surface area contributed by atoms with Crippen LogP contribution in [0.15, 0.2) is 24.3 Å². The van der Waals surface area contributed by atoms with E-state index in [1.165, 1.54) is 6.07 Å². The molecule has 0 aliphatic carbocycles. The second kappa shape index (κ2) is 4.15. The quantitative estimate of drug-likeness (QED) is 0.551. The SMILES string of the molecule is N#Cc1cccc(C(=O)C2COC(=O)C2)c1. The Hall–Kier alpha value is -2.15. The van der Waals surface area contributed by atoms with Crippen LogP contribution in [0.2, 0.25) is 0 Å². The predicted molar refractivity (Wildman–Crippen MR) is 54.6 cm³/mol. The molecule has 1 saturated heterocycles. The van der Waals surface area contributed by atoms with Gasteiger partial charge < -0.3 is 4.74 Å². The number of Topliss-reactive ketones (excluding diaryl/α,β-unsaturated/α-hetero) is 1. The van der Waals surface area contributed by atoms with Gasteiger partial charge in [-0.3, -0.25) is 9.59 Å². The van der Waals surface area contributed by atoms with Crippen LogP contribution in [0.25, 0.3) is 0 Å². The van der Waals surface area contributed by atoms with Crippen molar-refractivity contribution in [2.75, 3.05) is 6.61 Å². The number of nitrogens with zero attached hydrogens (tertiary/aromatic N) is 1. The summed E-state index contributed by atoms with van der Waals surface area (Å²) in [5, 5.41) is 8.71. The second-order valence-corrected chi connectivity index (χ2v) is 3.64. The van der Waals surface area contributed by atoms with Crippen molar-refractivity contribution >= 4 is 11.8 Å². The number of ether oxygens (including phenoxy) is 1. The van der Waals surface area contributed by atoms with Crippen molar-refractivity contribution in [1.29, 1.82) is 5.26 Å². The Morgan fingerprint density at radius 2 is 2.31 bits per heavy atom. The zero-order valence-corrected chi connectivity index (χ0v) is 8.47. The van der Waals surface area contributed by atoms with Crippen LogP contribution in [0.1, 0.15) is 22.3 Å². The van der Waals surface area contributed by atoms with Gasteiger partial charge in [-0.1, -0.05) is 12.1 Å². The van der Waals surface area contributed by atoms with E-state index in [0.717, 1.165) is 0 Å². The lowest BCUT2D eigenvalue weighted by molar-refractivity contribution is -0.137. The molecule has 1 fully saturated rings. The van der Waals surface area contributed by atoms with Crippen molar-refractivity contribution < 1.29 is 14.3 Å². The minimum Gasteiger partial charge on any atom is -0.465 e. The molecule has 2 rings (SSSR count). The van der Waals surface area contributed by atoms with Gasteiger partial charge >= 0.3 is 5.97 Å². The molecule has 0 radical (unpaired) electrons. The molecule has 1 atom stereocenters. The third-order valence-electron chi connectivity index (χ3n) is 2.51. The summed E-state index contributed by atoms with van der Waals surface area (Å²) in [6.45, 7) is 0.147. The summed E-state index contributed by atoms with van der Waals surface area (Å²) in [6, 6.07) is 8.44. The van der Waals surface area contributed by atoms with Crippen molar-refractivity contribution in [1.82, 2.24) is 0 Å². The lowest BCUT2D eigenvalue weighted by atomic mass is 9.96. The first-order valence-corrected chi connectivity index (χ1v) is 4.90. The molecule has 0 N–H and O–H groups in total. The van der Waals surface area contributed by atoms with Crippen LogP contribution in [-0.2, 0) is 9.53 Å². The van der Waals surface area contributed by atoms with Crippen molar-refractivity contribution in [2.45, 2.75) is 6.42 Å². The molecular weight excluding hydrogens is 206 g/mol. The highest BCUT2D eigenvalue weighted by molar-refractivity contribution is 6.00. The zero-order chi connectivity index (χ0) is 11.5. The Balaban J connectivity index is 2.21. The summed E-state index contributed by atoms with van der Waals surface area (Å²) >= 11 is 0. The fraction of sp³-hybridized carbons (Fsp3) is 0.250. The van der Waals surface area contributed by atoms with Gasteiger partial charge in [-0.15, -0.1) is 0 Å². The standard InChI is InChI=1S/C12H9NO3/c13-6-8-2-1-3-9(4-8)12(15)10-5-11(14)16-7-10/h1-4,10H,5,7H2. The van der Waals surface area contributed by atoms with Gasteiger partial charge in [-0.25, -0.2) is 0 Å². The summed E-state index contributed by atoms with van der Waals surface area (Å²) in [6.07, 6.45) is 0.135. The third-order valence-corrected chi connectivity index (χ3v) is 2.51. The summed E-state index contributed by atoms with van der Waals surface area (Å²) in [7, 11) is 0. The Morgan fingerprint density at radius 1 is 1.50 bits per heavy atom. The highest BCUT2D eigenvalue weighted by Gasteiger charge is 2.30. The summed E-state index contributed by atoms with van der Waals surface area (Å²) in [5.41, 5.74) is 0.901. The fourth-order valence-electron chi connectivity index (χ4n) is 1.66. The first-order chi connectivity index (χ1) is 7.70. The number of nitriles is 1. The first-order valence-electron chi connectivity index (χ1n) is 4.90.